The summed E-state index contributed by atoms with van der Waals surface area (Å²) in [6, 6.07) is 6.20. The van der Waals surface area contributed by atoms with Crippen molar-refractivity contribution in [3.8, 4) is 0 Å². The van der Waals surface area contributed by atoms with Crippen LogP contribution in [0.25, 0.3) is 0 Å². The topological polar surface area (TPSA) is 66.6 Å². The maximum absolute atomic E-state index is 12.8. The lowest BCUT2D eigenvalue weighted by Gasteiger charge is -2.16. The predicted octanol–water partition coefficient (Wildman–Crippen LogP) is 1.48. The molecule has 5 heteroatoms. The Morgan fingerprint density at radius 2 is 2.06 bits per heavy atom. The fraction of sp³-hybridized carbons (Fsp3) is 0.417. The number of halogens is 1. The zero-order valence-electron chi connectivity index (χ0n) is 9.34. The standard InChI is InChI=1S/C12H15FN2O2/c13-10-3-1-8(2-4-10)11-7-15(12(16)17)6-9(11)5-14/h1-4,9,11H,5-7,14H2,(H,16,17)/t9-,11+/m0/s1. The fourth-order valence-electron chi connectivity index (χ4n) is 2.35. The molecular weight excluding hydrogens is 223 g/mol. The highest BCUT2D eigenvalue weighted by atomic mass is 19.1. The Kier molecular flexibility index (Phi) is 3.28. The van der Waals surface area contributed by atoms with Gasteiger partial charge in [0.1, 0.15) is 5.82 Å². The summed E-state index contributed by atoms with van der Waals surface area (Å²) in [5.41, 5.74) is 6.61. The predicted molar refractivity (Wildman–Crippen MR) is 61.3 cm³/mol. The van der Waals surface area contributed by atoms with E-state index in [1.165, 1.54) is 17.0 Å². The first-order chi connectivity index (χ1) is 8.11. The van der Waals surface area contributed by atoms with Crippen LogP contribution >= 0.6 is 0 Å². The Morgan fingerprint density at radius 3 is 2.59 bits per heavy atom. The van der Waals surface area contributed by atoms with E-state index in [1.54, 1.807) is 12.1 Å². The van der Waals surface area contributed by atoms with Crippen molar-refractivity contribution < 1.29 is 14.3 Å². The van der Waals surface area contributed by atoms with E-state index in [2.05, 4.69) is 0 Å². The number of rotatable bonds is 2. The summed E-state index contributed by atoms with van der Waals surface area (Å²) >= 11 is 0. The lowest BCUT2D eigenvalue weighted by molar-refractivity contribution is 0.154. The lowest BCUT2D eigenvalue weighted by Crippen LogP contribution is -2.27. The van der Waals surface area contributed by atoms with Crippen molar-refractivity contribution in [2.75, 3.05) is 19.6 Å². The monoisotopic (exact) mass is 238 g/mol. The molecule has 1 saturated heterocycles. The number of nitrogens with zero attached hydrogens (tertiary/aromatic N) is 1. The van der Waals surface area contributed by atoms with Gasteiger partial charge in [0.05, 0.1) is 0 Å². The van der Waals surface area contributed by atoms with E-state index >= 15 is 0 Å². The minimum atomic E-state index is -0.923. The Morgan fingerprint density at radius 1 is 1.41 bits per heavy atom. The van der Waals surface area contributed by atoms with Crippen LogP contribution in [0.1, 0.15) is 11.5 Å². The second kappa shape index (κ2) is 4.71. The Bertz CT molecular complexity index is 407. The van der Waals surface area contributed by atoms with Crippen LogP contribution in [0, 0.1) is 11.7 Å². The molecule has 1 aliphatic heterocycles. The number of nitrogens with two attached hydrogens (primary N) is 1. The molecule has 2 atom stereocenters. The lowest BCUT2D eigenvalue weighted by atomic mass is 9.89. The Hall–Kier alpha value is -1.62. The fourth-order valence-corrected chi connectivity index (χ4v) is 2.35. The van der Waals surface area contributed by atoms with E-state index < -0.39 is 6.09 Å². The van der Waals surface area contributed by atoms with Crippen molar-refractivity contribution in [1.82, 2.24) is 4.90 Å². The van der Waals surface area contributed by atoms with E-state index in [1.807, 2.05) is 0 Å². The van der Waals surface area contributed by atoms with Crippen LogP contribution < -0.4 is 5.73 Å². The highest BCUT2D eigenvalue weighted by molar-refractivity contribution is 5.65. The molecular formula is C12H15FN2O2. The van der Waals surface area contributed by atoms with Gasteiger partial charge in [-0.15, -0.1) is 0 Å². The van der Waals surface area contributed by atoms with Gasteiger partial charge in [-0.3, -0.25) is 0 Å². The maximum atomic E-state index is 12.8. The highest BCUT2D eigenvalue weighted by Gasteiger charge is 2.35. The summed E-state index contributed by atoms with van der Waals surface area (Å²) in [6.45, 7) is 1.32. The van der Waals surface area contributed by atoms with Crippen molar-refractivity contribution in [3.63, 3.8) is 0 Å². The van der Waals surface area contributed by atoms with E-state index in [9.17, 15) is 9.18 Å². The molecule has 1 aliphatic rings. The normalized spacial score (nSPS) is 24.0. The molecule has 0 radical (unpaired) electrons. The second-order valence-electron chi connectivity index (χ2n) is 4.34. The van der Waals surface area contributed by atoms with Crippen molar-refractivity contribution in [1.29, 1.82) is 0 Å². The molecule has 0 unspecified atom stereocenters. The van der Waals surface area contributed by atoms with Crippen LogP contribution in [0.2, 0.25) is 0 Å². The first-order valence-electron chi connectivity index (χ1n) is 5.55. The molecule has 0 aromatic heterocycles. The number of carbonyl (C=O) groups is 1. The maximum Gasteiger partial charge on any atom is 0.407 e. The summed E-state index contributed by atoms with van der Waals surface area (Å²) in [5, 5.41) is 8.96. The third kappa shape index (κ3) is 2.39. The molecule has 1 aromatic rings. The van der Waals surface area contributed by atoms with Gasteiger partial charge < -0.3 is 15.7 Å². The number of hydrogen-bond donors (Lipinski definition) is 2. The summed E-state index contributed by atoms with van der Waals surface area (Å²) in [7, 11) is 0. The molecule has 0 bridgehead atoms. The molecule has 3 N–H and O–H groups in total. The van der Waals surface area contributed by atoms with Crippen molar-refractivity contribution >= 4 is 6.09 Å². The van der Waals surface area contributed by atoms with E-state index in [4.69, 9.17) is 10.8 Å². The van der Waals surface area contributed by atoms with Gasteiger partial charge in [0.2, 0.25) is 0 Å². The van der Waals surface area contributed by atoms with Crippen molar-refractivity contribution in [2.24, 2.45) is 11.7 Å². The van der Waals surface area contributed by atoms with Gasteiger partial charge in [-0.2, -0.15) is 0 Å². The van der Waals surface area contributed by atoms with E-state index in [0.717, 1.165) is 5.56 Å². The number of amides is 1. The van der Waals surface area contributed by atoms with Gasteiger partial charge in [0.25, 0.3) is 0 Å². The smallest absolute Gasteiger partial charge is 0.407 e. The van der Waals surface area contributed by atoms with Crippen molar-refractivity contribution in [2.45, 2.75) is 5.92 Å². The molecule has 4 nitrogen and oxygen atoms in total. The second-order valence-corrected chi connectivity index (χ2v) is 4.34. The minimum absolute atomic E-state index is 0.0664. The van der Waals surface area contributed by atoms with Crippen LogP contribution in [0.4, 0.5) is 9.18 Å². The number of likely N-dealkylation sites (tertiary alicyclic amines) is 1. The first kappa shape index (κ1) is 11.9. The number of hydrogen-bond acceptors (Lipinski definition) is 2. The summed E-state index contributed by atoms with van der Waals surface area (Å²) < 4.78 is 12.8. The van der Waals surface area contributed by atoms with E-state index in [-0.39, 0.29) is 17.7 Å². The summed E-state index contributed by atoms with van der Waals surface area (Å²) in [6.07, 6.45) is -0.923. The molecule has 1 amide bonds. The zero-order chi connectivity index (χ0) is 12.4. The summed E-state index contributed by atoms with van der Waals surface area (Å²) in [4.78, 5) is 12.3. The van der Waals surface area contributed by atoms with Crippen LogP contribution in [0.3, 0.4) is 0 Å². The van der Waals surface area contributed by atoms with Crippen LogP contribution in [-0.4, -0.2) is 35.7 Å². The average Bonchev–Trinajstić information content (AvgIpc) is 2.74. The van der Waals surface area contributed by atoms with Crippen LogP contribution in [0.5, 0.6) is 0 Å². The van der Waals surface area contributed by atoms with Gasteiger partial charge in [0.15, 0.2) is 0 Å². The van der Waals surface area contributed by atoms with Gasteiger partial charge in [-0.05, 0) is 30.2 Å². The largest absolute Gasteiger partial charge is 0.465 e. The quantitative estimate of drug-likeness (QED) is 0.820. The molecule has 17 heavy (non-hydrogen) atoms. The molecule has 0 spiro atoms. The number of benzene rings is 1. The van der Waals surface area contributed by atoms with Crippen molar-refractivity contribution in [3.05, 3.63) is 35.6 Å². The highest BCUT2D eigenvalue weighted by Crippen LogP contribution is 2.32. The van der Waals surface area contributed by atoms with E-state index in [0.29, 0.717) is 19.6 Å². The molecule has 0 saturated carbocycles. The van der Waals surface area contributed by atoms with Gasteiger partial charge in [-0.1, -0.05) is 12.1 Å². The third-order valence-electron chi connectivity index (χ3n) is 3.31. The van der Waals surface area contributed by atoms with Gasteiger partial charge in [-0.25, -0.2) is 9.18 Å². The molecule has 2 rings (SSSR count). The summed E-state index contributed by atoms with van der Waals surface area (Å²) in [5.74, 6) is -0.112. The zero-order valence-corrected chi connectivity index (χ0v) is 9.34. The number of carboxylic acid groups (broad SMARTS) is 1. The van der Waals surface area contributed by atoms with Gasteiger partial charge in [0, 0.05) is 19.0 Å². The Labute approximate surface area is 98.8 Å². The van der Waals surface area contributed by atoms with Crippen LogP contribution in [-0.2, 0) is 0 Å². The molecule has 92 valence electrons. The van der Waals surface area contributed by atoms with Gasteiger partial charge >= 0.3 is 6.09 Å². The first-order valence-corrected chi connectivity index (χ1v) is 5.55. The molecule has 0 aliphatic carbocycles. The van der Waals surface area contributed by atoms with Crippen LogP contribution in [0.15, 0.2) is 24.3 Å². The minimum Gasteiger partial charge on any atom is -0.465 e. The Balaban J connectivity index is 2.19. The third-order valence-corrected chi connectivity index (χ3v) is 3.31. The average molecular weight is 238 g/mol. The molecule has 1 heterocycles. The SMILES string of the molecule is NC[C@H]1CN(C(=O)O)C[C@@H]1c1ccc(F)cc1. The molecule has 1 aromatic carbocycles. The molecule has 1 fully saturated rings.